The number of Topliss-reactive ketones (excluding diaryl/α,β-unsaturated/α-hetero) is 1. The van der Waals surface area contributed by atoms with Crippen molar-refractivity contribution in [1.29, 1.82) is 0 Å². The monoisotopic (exact) mass is 366 g/mol. The van der Waals surface area contributed by atoms with Crippen LogP contribution in [0, 0.1) is 19.7 Å². The summed E-state index contributed by atoms with van der Waals surface area (Å²) in [5.74, 6) is -1.44. The molecular weight excluding hydrogens is 347 g/mol. The normalized spacial score (nSPS) is 11.9. The van der Waals surface area contributed by atoms with Gasteiger partial charge in [0.25, 0.3) is 0 Å². The summed E-state index contributed by atoms with van der Waals surface area (Å²) in [5, 5.41) is 4.41. The standard InChI is InChI=1S/C21H19FN2O3/c1-13-19(14(2)24(23-13)18-7-5-4-6-8-18)21(26)27-15(3)20(25)16-9-11-17(22)12-10-16/h4-12,15H,1-3H3. The van der Waals surface area contributed by atoms with Crippen molar-refractivity contribution in [3.05, 3.63) is 82.9 Å². The van der Waals surface area contributed by atoms with Gasteiger partial charge in [-0.3, -0.25) is 4.79 Å². The van der Waals surface area contributed by atoms with E-state index in [1.165, 1.54) is 31.2 Å². The summed E-state index contributed by atoms with van der Waals surface area (Å²) in [4.78, 5) is 25.0. The number of carbonyl (C=O) groups is 2. The Morgan fingerprint density at radius 1 is 1.04 bits per heavy atom. The average molecular weight is 366 g/mol. The van der Waals surface area contributed by atoms with Crippen molar-refractivity contribution in [2.75, 3.05) is 0 Å². The minimum Gasteiger partial charge on any atom is -0.451 e. The van der Waals surface area contributed by atoms with Gasteiger partial charge in [-0.15, -0.1) is 0 Å². The molecule has 0 saturated carbocycles. The van der Waals surface area contributed by atoms with Gasteiger partial charge in [0, 0.05) is 5.56 Å². The molecule has 0 N–H and O–H groups in total. The number of rotatable bonds is 5. The van der Waals surface area contributed by atoms with Crippen molar-refractivity contribution in [1.82, 2.24) is 9.78 Å². The Kier molecular flexibility index (Phi) is 5.16. The van der Waals surface area contributed by atoms with E-state index in [1.54, 1.807) is 18.5 Å². The molecule has 0 aliphatic carbocycles. The van der Waals surface area contributed by atoms with Crippen LogP contribution in [-0.4, -0.2) is 27.6 Å². The molecule has 3 aromatic rings. The van der Waals surface area contributed by atoms with Crippen molar-refractivity contribution in [3.63, 3.8) is 0 Å². The number of hydrogen-bond donors (Lipinski definition) is 0. The van der Waals surface area contributed by atoms with E-state index in [4.69, 9.17) is 4.74 Å². The van der Waals surface area contributed by atoms with E-state index in [0.29, 0.717) is 17.0 Å². The third kappa shape index (κ3) is 3.79. The van der Waals surface area contributed by atoms with E-state index in [9.17, 15) is 14.0 Å². The van der Waals surface area contributed by atoms with Crippen LogP contribution >= 0.6 is 0 Å². The molecule has 0 aliphatic heterocycles. The highest BCUT2D eigenvalue weighted by Gasteiger charge is 2.25. The number of para-hydroxylation sites is 1. The van der Waals surface area contributed by atoms with Crippen molar-refractivity contribution in [2.24, 2.45) is 0 Å². The first-order chi connectivity index (χ1) is 12.9. The van der Waals surface area contributed by atoms with Crippen LogP contribution in [0.4, 0.5) is 4.39 Å². The number of aryl methyl sites for hydroxylation is 1. The van der Waals surface area contributed by atoms with E-state index >= 15 is 0 Å². The summed E-state index contributed by atoms with van der Waals surface area (Å²) in [6.07, 6.45) is -0.998. The Morgan fingerprint density at radius 2 is 1.67 bits per heavy atom. The molecule has 1 atom stereocenters. The van der Waals surface area contributed by atoms with E-state index < -0.39 is 23.7 Å². The summed E-state index contributed by atoms with van der Waals surface area (Å²) >= 11 is 0. The highest BCUT2D eigenvalue weighted by atomic mass is 19.1. The Labute approximate surface area is 156 Å². The van der Waals surface area contributed by atoms with E-state index in [2.05, 4.69) is 5.10 Å². The molecule has 27 heavy (non-hydrogen) atoms. The smallest absolute Gasteiger partial charge is 0.342 e. The molecule has 0 spiro atoms. The fraction of sp³-hybridized carbons (Fsp3) is 0.190. The van der Waals surface area contributed by atoms with Crippen LogP contribution in [-0.2, 0) is 4.74 Å². The van der Waals surface area contributed by atoms with Crippen LogP contribution in [0.1, 0.15) is 39.0 Å². The predicted molar refractivity (Wildman–Crippen MR) is 98.6 cm³/mol. The van der Waals surface area contributed by atoms with E-state index in [1.807, 2.05) is 30.3 Å². The van der Waals surface area contributed by atoms with Gasteiger partial charge < -0.3 is 4.74 Å². The van der Waals surface area contributed by atoms with Crippen LogP contribution in [0.15, 0.2) is 54.6 Å². The summed E-state index contributed by atoms with van der Waals surface area (Å²) in [6, 6.07) is 14.6. The third-order valence-electron chi connectivity index (χ3n) is 4.28. The fourth-order valence-electron chi connectivity index (χ4n) is 2.88. The molecule has 1 heterocycles. The van der Waals surface area contributed by atoms with Gasteiger partial charge in [0.1, 0.15) is 11.4 Å². The highest BCUT2D eigenvalue weighted by molar-refractivity contribution is 6.01. The number of benzene rings is 2. The van der Waals surface area contributed by atoms with Crippen molar-refractivity contribution < 1.29 is 18.7 Å². The Balaban J connectivity index is 1.81. The maximum Gasteiger partial charge on any atom is 0.342 e. The molecule has 0 aliphatic rings. The Hall–Kier alpha value is -3.28. The zero-order valence-corrected chi connectivity index (χ0v) is 15.3. The van der Waals surface area contributed by atoms with Gasteiger partial charge in [-0.1, -0.05) is 18.2 Å². The first kappa shape index (κ1) is 18.5. The molecule has 3 rings (SSSR count). The molecule has 1 aromatic heterocycles. The largest absolute Gasteiger partial charge is 0.451 e. The van der Waals surface area contributed by atoms with Gasteiger partial charge in [0.15, 0.2) is 6.10 Å². The number of halogens is 1. The van der Waals surface area contributed by atoms with E-state index in [0.717, 1.165) is 5.69 Å². The molecule has 138 valence electrons. The van der Waals surface area contributed by atoms with E-state index in [-0.39, 0.29) is 5.56 Å². The topological polar surface area (TPSA) is 61.2 Å². The van der Waals surface area contributed by atoms with Gasteiger partial charge in [0.2, 0.25) is 5.78 Å². The van der Waals surface area contributed by atoms with Crippen LogP contribution in [0.2, 0.25) is 0 Å². The molecule has 0 bridgehead atoms. The number of hydrogen-bond acceptors (Lipinski definition) is 4. The number of carbonyl (C=O) groups excluding carboxylic acids is 2. The summed E-state index contributed by atoms with van der Waals surface area (Å²) in [5.41, 5.74) is 2.59. The van der Waals surface area contributed by atoms with Crippen molar-refractivity contribution >= 4 is 11.8 Å². The summed E-state index contributed by atoms with van der Waals surface area (Å²) in [7, 11) is 0. The quantitative estimate of drug-likeness (QED) is 0.505. The number of aromatic nitrogens is 2. The minimum absolute atomic E-state index is 0.283. The van der Waals surface area contributed by atoms with Crippen LogP contribution in [0.3, 0.4) is 0 Å². The van der Waals surface area contributed by atoms with Crippen molar-refractivity contribution in [3.8, 4) is 5.69 Å². The molecule has 2 aromatic carbocycles. The maximum absolute atomic E-state index is 13.0. The predicted octanol–water partition coefficient (Wildman–Crippen LogP) is 4.06. The fourth-order valence-corrected chi connectivity index (χ4v) is 2.88. The van der Waals surface area contributed by atoms with Crippen LogP contribution in [0.5, 0.6) is 0 Å². The molecule has 1 unspecified atom stereocenters. The molecule has 0 fully saturated rings. The number of ketones is 1. The molecule has 0 saturated heterocycles. The highest BCUT2D eigenvalue weighted by Crippen LogP contribution is 2.20. The lowest BCUT2D eigenvalue weighted by atomic mass is 10.1. The lowest BCUT2D eigenvalue weighted by Gasteiger charge is -2.12. The van der Waals surface area contributed by atoms with Crippen molar-refractivity contribution in [2.45, 2.75) is 26.9 Å². The summed E-state index contributed by atoms with van der Waals surface area (Å²) < 4.78 is 20.0. The maximum atomic E-state index is 13.0. The first-order valence-electron chi connectivity index (χ1n) is 8.51. The van der Waals surface area contributed by atoms with Gasteiger partial charge >= 0.3 is 5.97 Å². The van der Waals surface area contributed by atoms with Gasteiger partial charge in [0.05, 0.1) is 17.1 Å². The Bertz CT molecular complexity index is 979. The summed E-state index contributed by atoms with van der Waals surface area (Å²) in [6.45, 7) is 4.99. The first-order valence-corrected chi connectivity index (χ1v) is 8.51. The number of nitrogens with zero attached hydrogens (tertiary/aromatic N) is 2. The van der Waals surface area contributed by atoms with Gasteiger partial charge in [-0.05, 0) is 57.2 Å². The lowest BCUT2D eigenvalue weighted by molar-refractivity contribution is 0.0317. The molecule has 6 heteroatoms. The zero-order chi connectivity index (χ0) is 19.6. The molecular formula is C21H19FN2O3. The molecule has 0 amide bonds. The molecule has 5 nitrogen and oxygen atoms in total. The average Bonchev–Trinajstić information content (AvgIpc) is 2.96. The zero-order valence-electron chi connectivity index (χ0n) is 15.3. The van der Waals surface area contributed by atoms with Crippen LogP contribution < -0.4 is 0 Å². The second-order valence-electron chi connectivity index (χ2n) is 6.21. The lowest BCUT2D eigenvalue weighted by Crippen LogP contribution is -2.25. The minimum atomic E-state index is -0.998. The van der Waals surface area contributed by atoms with Gasteiger partial charge in [-0.2, -0.15) is 5.10 Å². The SMILES string of the molecule is Cc1nn(-c2ccccc2)c(C)c1C(=O)OC(C)C(=O)c1ccc(F)cc1. The Morgan fingerprint density at radius 3 is 2.30 bits per heavy atom. The van der Waals surface area contributed by atoms with Gasteiger partial charge in [-0.25, -0.2) is 13.9 Å². The molecule has 0 radical (unpaired) electrons. The van der Waals surface area contributed by atoms with Crippen LogP contribution in [0.25, 0.3) is 5.69 Å². The number of esters is 1. The third-order valence-corrected chi connectivity index (χ3v) is 4.28. The second-order valence-corrected chi connectivity index (χ2v) is 6.21. The number of ether oxygens (including phenoxy) is 1. The second kappa shape index (κ2) is 7.53.